The van der Waals surface area contributed by atoms with Crippen LogP contribution in [0.1, 0.15) is 24.2 Å². The van der Waals surface area contributed by atoms with Crippen LogP contribution < -0.4 is 5.32 Å². The van der Waals surface area contributed by atoms with Crippen molar-refractivity contribution >= 4 is 35.2 Å². The van der Waals surface area contributed by atoms with Gasteiger partial charge in [-0.25, -0.2) is 0 Å². The second kappa shape index (κ2) is 7.71. The van der Waals surface area contributed by atoms with Crippen LogP contribution in [0, 0.1) is 0 Å². The molecule has 2 rings (SSSR count). The molecule has 0 radical (unpaired) electrons. The van der Waals surface area contributed by atoms with Crippen molar-refractivity contribution in [1.29, 1.82) is 0 Å². The van der Waals surface area contributed by atoms with E-state index in [-0.39, 0.29) is 18.4 Å². The summed E-state index contributed by atoms with van der Waals surface area (Å²) >= 11 is 8.08. The van der Waals surface area contributed by atoms with E-state index in [0.717, 1.165) is 22.8 Å². The second-order valence-electron chi connectivity index (χ2n) is 4.96. The molecule has 4 nitrogen and oxygen atoms in total. The maximum Gasteiger partial charge on any atom is 0.241 e. The number of thioether (sulfide) groups is 1. The Morgan fingerprint density at radius 1 is 1.38 bits per heavy atom. The molecule has 0 saturated carbocycles. The molecule has 1 saturated heterocycles. The Bertz CT molecular complexity index is 524. The number of hydrogen-bond donors (Lipinski definition) is 1. The predicted octanol–water partition coefficient (Wildman–Crippen LogP) is 2.48. The van der Waals surface area contributed by atoms with E-state index in [0.29, 0.717) is 18.3 Å². The van der Waals surface area contributed by atoms with E-state index >= 15 is 0 Å². The lowest BCUT2D eigenvalue weighted by molar-refractivity contribution is -0.132. The van der Waals surface area contributed by atoms with E-state index in [1.807, 2.05) is 34.9 Å². The largest absolute Gasteiger partial charge is 0.347 e. The van der Waals surface area contributed by atoms with Crippen LogP contribution in [0.15, 0.2) is 24.3 Å². The molecule has 0 aliphatic carbocycles. The summed E-state index contributed by atoms with van der Waals surface area (Å²) in [6.45, 7) is 2.90. The summed E-state index contributed by atoms with van der Waals surface area (Å²) in [5.41, 5.74) is 1.14. The summed E-state index contributed by atoms with van der Waals surface area (Å²) in [6.07, 6.45) is 0.875. The fourth-order valence-electron chi connectivity index (χ4n) is 2.32. The monoisotopic (exact) mass is 326 g/mol. The van der Waals surface area contributed by atoms with E-state index in [1.165, 1.54) is 6.92 Å². The zero-order valence-corrected chi connectivity index (χ0v) is 13.5. The van der Waals surface area contributed by atoms with E-state index in [4.69, 9.17) is 11.6 Å². The van der Waals surface area contributed by atoms with Crippen molar-refractivity contribution in [3.63, 3.8) is 0 Å². The molecular formula is C15H19ClN2O2S. The summed E-state index contributed by atoms with van der Waals surface area (Å²) in [4.78, 5) is 24.7. The Kier molecular flexibility index (Phi) is 5.94. The third kappa shape index (κ3) is 4.64. The van der Waals surface area contributed by atoms with Gasteiger partial charge in [0.05, 0.1) is 6.54 Å². The van der Waals surface area contributed by atoms with E-state index in [2.05, 4.69) is 11.4 Å². The van der Waals surface area contributed by atoms with E-state index < -0.39 is 0 Å². The highest BCUT2D eigenvalue weighted by Crippen LogP contribution is 2.37. The average molecular weight is 327 g/mol. The maximum atomic E-state index is 12.0. The zero-order chi connectivity index (χ0) is 15.2. The molecule has 21 heavy (non-hydrogen) atoms. The van der Waals surface area contributed by atoms with Gasteiger partial charge in [0.1, 0.15) is 0 Å². The fourth-order valence-corrected chi connectivity index (χ4v) is 3.92. The van der Waals surface area contributed by atoms with Crippen LogP contribution in [-0.4, -0.2) is 42.1 Å². The molecule has 1 aromatic rings. The van der Waals surface area contributed by atoms with Gasteiger partial charge in [0, 0.05) is 36.0 Å². The number of halogens is 1. The molecule has 1 heterocycles. The highest BCUT2D eigenvalue weighted by Gasteiger charge is 2.23. The molecule has 0 unspecified atom stereocenters. The Balaban J connectivity index is 1.94. The second-order valence-corrected chi connectivity index (χ2v) is 6.68. The van der Waals surface area contributed by atoms with Crippen LogP contribution in [0.25, 0.3) is 0 Å². The van der Waals surface area contributed by atoms with E-state index in [1.54, 1.807) is 0 Å². The zero-order valence-electron chi connectivity index (χ0n) is 12.0. The number of carbonyl (C=O) groups is 2. The molecule has 0 bridgehead atoms. The fraction of sp³-hybridized carbons (Fsp3) is 0.467. The lowest BCUT2D eigenvalue weighted by Gasteiger charge is -2.20. The first-order valence-corrected chi connectivity index (χ1v) is 8.39. The van der Waals surface area contributed by atoms with Gasteiger partial charge in [-0.15, -0.1) is 0 Å². The Hall–Kier alpha value is -1.20. The summed E-state index contributed by atoms with van der Waals surface area (Å²) < 4.78 is 0. The molecule has 2 amide bonds. The van der Waals surface area contributed by atoms with Crippen molar-refractivity contribution in [2.75, 3.05) is 25.4 Å². The molecule has 114 valence electrons. The number of nitrogens with zero attached hydrogens (tertiary/aromatic N) is 1. The smallest absolute Gasteiger partial charge is 0.241 e. The minimum atomic E-state index is -0.179. The van der Waals surface area contributed by atoms with Gasteiger partial charge in [0.2, 0.25) is 11.8 Å². The highest BCUT2D eigenvalue weighted by molar-refractivity contribution is 7.99. The maximum absolute atomic E-state index is 12.0. The quantitative estimate of drug-likeness (QED) is 0.928. The lowest BCUT2D eigenvalue weighted by Crippen LogP contribution is -2.40. The van der Waals surface area contributed by atoms with Gasteiger partial charge < -0.3 is 10.2 Å². The number of nitrogens with one attached hydrogen (secondary N) is 1. The highest BCUT2D eigenvalue weighted by atomic mass is 35.5. The molecule has 1 fully saturated rings. The van der Waals surface area contributed by atoms with Crippen LogP contribution in [0.2, 0.25) is 5.02 Å². The predicted molar refractivity (Wildman–Crippen MR) is 86.5 cm³/mol. The number of carbonyl (C=O) groups excluding carboxylic acids is 2. The lowest BCUT2D eigenvalue weighted by atomic mass is 10.1. The summed E-state index contributed by atoms with van der Waals surface area (Å²) in [5.74, 6) is 0.675. The van der Waals surface area contributed by atoms with Gasteiger partial charge in [-0.05, 0) is 18.1 Å². The summed E-state index contributed by atoms with van der Waals surface area (Å²) in [6, 6.07) is 7.87. The van der Waals surface area contributed by atoms with Gasteiger partial charge >= 0.3 is 0 Å². The van der Waals surface area contributed by atoms with Crippen molar-refractivity contribution in [2.24, 2.45) is 0 Å². The minimum Gasteiger partial charge on any atom is -0.347 e. The Morgan fingerprint density at radius 2 is 2.14 bits per heavy atom. The van der Waals surface area contributed by atoms with Crippen molar-refractivity contribution in [1.82, 2.24) is 10.2 Å². The molecular weight excluding hydrogens is 308 g/mol. The third-order valence-corrected chi connectivity index (χ3v) is 5.09. The van der Waals surface area contributed by atoms with E-state index in [9.17, 15) is 9.59 Å². The normalized spacial score (nSPS) is 19.0. The molecule has 6 heteroatoms. The van der Waals surface area contributed by atoms with Crippen LogP contribution in [0.5, 0.6) is 0 Å². The molecule has 1 aliphatic heterocycles. The van der Waals surface area contributed by atoms with Crippen molar-refractivity contribution < 1.29 is 9.59 Å². The Morgan fingerprint density at radius 3 is 2.86 bits per heavy atom. The molecule has 0 spiro atoms. The number of hydrogen-bond acceptors (Lipinski definition) is 3. The van der Waals surface area contributed by atoms with Crippen molar-refractivity contribution in [3.05, 3.63) is 34.9 Å². The summed E-state index contributed by atoms with van der Waals surface area (Å²) in [7, 11) is 0. The van der Waals surface area contributed by atoms with Gasteiger partial charge in [0.25, 0.3) is 0 Å². The van der Waals surface area contributed by atoms with Gasteiger partial charge in [-0.1, -0.05) is 29.8 Å². The SMILES string of the molecule is CC(=O)NCC(=O)N1CCS[C@H](c2ccccc2Cl)CC1. The molecule has 1 N–H and O–H groups in total. The first-order valence-electron chi connectivity index (χ1n) is 6.96. The number of amides is 2. The van der Waals surface area contributed by atoms with Gasteiger partial charge in [-0.2, -0.15) is 11.8 Å². The average Bonchev–Trinajstić information content (AvgIpc) is 2.71. The molecule has 1 aliphatic rings. The first-order chi connectivity index (χ1) is 10.1. The number of benzene rings is 1. The number of rotatable bonds is 3. The molecule has 0 aromatic heterocycles. The van der Waals surface area contributed by atoms with Crippen LogP contribution >= 0.6 is 23.4 Å². The molecule has 1 aromatic carbocycles. The van der Waals surface area contributed by atoms with Crippen LogP contribution in [-0.2, 0) is 9.59 Å². The third-order valence-electron chi connectivity index (χ3n) is 3.43. The van der Waals surface area contributed by atoms with Crippen LogP contribution in [0.3, 0.4) is 0 Å². The van der Waals surface area contributed by atoms with Crippen molar-refractivity contribution in [2.45, 2.75) is 18.6 Å². The molecule has 1 atom stereocenters. The summed E-state index contributed by atoms with van der Waals surface area (Å²) in [5, 5.41) is 3.66. The van der Waals surface area contributed by atoms with Crippen LogP contribution in [0.4, 0.5) is 0 Å². The Labute approximate surface area is 134 Å². The van der Waals surface area contributed by atoms with Gasteiger partial charge in [-0.3, -0.25) is 9.59 Å². The van der Waals surface area contributed by atoms with Crippen molar-refractivity contribution in [3.8, 4) is 0 Å². The standard InChI is InChI=1S/C15H19ClN2O2S/c1-11(19)17-10-15(20)18-7-6-14(21-9-8-18)12-4-2-3-5-13(12)16/h2-5,14H,6-10H2,1H3,(H,17,19)/t14-/m0/s1. The minimum absolute atomic E-state index is 0.0226. The first kappa shape index (κ1) is 16.2. The van der Waals surface area contributed by atoms with Gasteiger partial charge in [0.15, 0.2) is 0 Å². The topological polar surface area (TPSA) is 49.4 Å².